The second-order valence-corrected chi connectivity index (χ2v) is 5.43. The van der Waals surface area contributed by atoms with Crippen LogP contribution in [0.2, 0.25) is 0 Å². The summed E-state index contributed by atoms with van der Waals surface area (Å²) >= 11 is 0. The maximum atomic E-state index is 12.2. The number of aryl methyl sites for hydroxylation is 1. The van der Waals surface area contributed by atoms with E-state index in [9.17, 15) is 14.4 Å². The molecule has 0 atom stereocenters. The van der Waals surface area contributed by atoms with Gasteiger partial charge in [-0.3, -0.25) is 19.8 Å². The van der Waals surface area contributed by atoms with Crippen molar-refractivity contribution in [2.45, 2.75) is 26.7 Å². The molecule has 1 aliphatic rings. The van der Waals surface area contributed by atoms with Gasteiger partial charge in [0.2, 0.25) is 11.8 Å². The third-order valence-electron chi connectivity index (χ3n) is 3.50. The lowest BCUT2D eigenvalue weighted by Gasteiger charge is -2.34. The molecule has 106 valence electrons. The molecular formula is C15H18N2O3. The van der Waals surface area contributed by atoms with Gasteiger partial charge < -0.3 is 0 Å². The van der Waals surface area contributed by atoms with Crippen LogP contribution in [0.3, 0.4) is 0 Å². The van der Waals surface area contributed by atoms with Gasteiger partial charge in [-0.25, -0.2) is 4.79 Å². The molecule has 1 aliphatic heterocycles. The number of nitrogens with one attached hydrogen (secondary N) is 1. The summed E-state index contributed by atoms with van der Waals surface area (Å²) in [6.07, 6.45) is 1.46. The van der Waals surface area contributed by atoms with E-state index in [0.29, 0.717) is 13.0 Å². The Morgan fingerprint density at radius 2 is 1.75 bits per heavy atom. The van der Waals surface area contributed by atoms with Crippen molar-refractivity contribution in [3.63, 3.8) is 0 Å². The number of carbonyl (C=O) groups excluding carboxylic acids is 3. The number of benzene rings is 1. The van der Waals surface area contributed by atoms with Crippen LogP contribution in [0.5, 0.6) is 0 Å². The summed E-state index contributed by atoms with van der Waals surface area (Å²) in [5.74, 6) is -0.967. The molecule has 1 heterocycles. The molecule has 0 radical (unpaired) electrons. The van der Waals surface area contributed by atoms with Crippen molar-refractivity contribution in [2.24, 2.45) is 5.41 Å². The average Bonchev–Trinajstić information content (AvgIpc) is 2.42. The molecule has 1 fully saturated rings. The van der Waals surface area contributed by atoms with Gasteiger partial charge in [-0.2, -0.15) is 0 Å². The maximum absolute atomic E-state index is 12.2. The van der Waals surface area contributed by atoms with Crippen LogP contribution in [0.25, 0.3) is 0 Å². The van der Waals surface area contributed by atoms with Gasteiger partial charge >= 0.3 is 6.03 Å². The first kappa shape index (κ1) is 14.2. The smallest absolute Gasteiger partial charge is 0.277 e. The van der Waals surface area contributed by atoms with Gasteiger partial charge in [0.1, 0.15) is 5.41 Å². The van der Waals surface area contributed by atoms with Crippen molar-refractivity contribution in [3.8, 4) is 0 Å². The van der Waals surface area contributed by atoms with Gasteiger partial charge in [-0.15, -0.1) is 0 Å². The Morgan fingerprint density at radius 1 is 1.10 bits per heavy atom. The number of amides is 4. The second-order valence-electron chi connectivity index (χ2n) is 5.43. The topological polar surface area (TPSA) is 66.5 Å². The number of rotatable bonds is 4. The van der Waals surface area contributed by atoms with Crippen LogP contribution in [0.4, 0.5) is 4.79 Å². The van der Waals surface area contributed by atoms with Crippen LogP contribution < -0.4 is 5.32 Å². The van der Waals surface area contributed by atoms with Crippen LogP contribution in [-0.4, -0.2) is 29.3 Å². The van der Waals surface area contributed by atoms with Crippen molar-refractivity contribution < 1.29 is 14.4 Å². The highest BCUT2D eigenvalue weighted by Crippen LogP contribution is 2.23. The zero-order chi connectivity index (χ0) is 14.8. The van der Waals surface area contributed by atoms with E-state index in [0.717, 1.165) is 16.9 Å². The molecule has 0 spiro atoms. The summed E-state index contributed by atoms with van der Waals surface area (Å²) in [6.45, 7) is 3.37. The number of barbiturate groups is 1. The number of hydrogen-bond donors (Lipinski definition) is 1. The van der Waals surface area contributed by atoms with E-state index in [1.807, 2.05) is 30.3 Å². The van der Waals surface area contributed by atoms with Gasteiger partial charge in [0, 0.05) is 6.54 Å². The quantitative estimate of drug-likeness (QED) is 0.850. The van der Waals surface area contributed by atoms with Crippen molar-refractivity contribution >= 4 is 17.8 Å². The Kier molecular flexibility index (Phi) is 3.88. The molecule has 1 N–H and O–H groups in total. The molecule has 20 heavy (non-hydrogen) atoms. The highest BCUT2D eigenvalue weighted by atomic mass is 16.2. The molecule has 0 bridgehead atoms. The Hall–Kier alpha value is -2.17. The lowest BCUT2D eigenvalue weighted by atomic mass is 9.88. The normalized spacial score (nSPS) is 18.1. The van der Waals surface area contributed by atoms with E-state index in [1.165, 1.54) is 13.8 Å². The van der Waals surface area contributed by atoms with Gasteiger partial charge in [-0.05, 0) is 32.3 Å². The number of carbonyl (C=O) groups is 3. The largest absolute Gasteiger partial charge is 0.330 e. The molecule has 0 saturated carbocycles. The summed E-state index contributed by atoms with van der Waals surface area (Å²) in [4.78, 5) is 36.6. The summed E-state index contributed by atoms with van der Waals surface area (Å²) in [6, 6.07) is 9.25. The molecule has 1 aromatic rings. The first-order valence-corrected chi connectivity index (χ1v) is 6.64. The average molecular weight is 274 g/mol. The Bertz CT molecular complexity index is 537. The van der Waals surface area contributed by atoms with Gasteiger partial charge in [-0.1, -0.05) is 30.3 Å². The van der Waals surface area contributed by atoms with Crippen molar-refractivity contribution in [1.82, 2.24) is 10.2 Å². The summed E-state index contributed by atoms with van der Waals surface area (Å²) in [5.41, 5.74) is -0.0200. The number of imide groups is 2. The van der Waals surface area contributed by atoms with Crippen LogP contribution in [0.1, 0.15) is 25.8 Å². The monoisotopic (exact) mass is 274 g/mol. The zero-order valence-electron chi connectivity index (χ0n) is 11.7. The van der Waals surface area contributed by atoms with Gasteiger partial charge in [0.15, 0.2) is 0 Å². The fourth-order valence-corrected chi connectivity index (χ4v) is 2.14. The minimum absolute atomic E-state index is 0.316. The van der Waals surface area contributed by atoms with Crippen LogP contribution >= 0.6 is 0 Å². The van der Waals surface area contributed by atoms with E-state index >= 15 is 0 Å². The lowest BCUT2D eigenvalue weighted by Crippen LogP contribution is -2.61. The fraction of sp³-hybridized carbons (Fsp3) is 0.400. The van der Waals surface area contributed by atoms with Crippen molar-refractivity contribution in [3.05, 3.63) is 35.9 Å². The highest BCUT2D eigenvalue weighted by Gasteiger charge is 2.46. The van der Waals surface area contributed by atoms with Crippen LogP contribution in [-0.2, 0) is 16.0 Å². The molecule has 1 saturated heterocycles. The zero-order valence-corrected chi connectivity index (χ0v) is 11.7. The molecule has 0 aliphatic carbocycles. The SMILES string of the molecule is CC1(C)C(=O)NC(=O)N(CCCc2ccccc2)C1=O. The molecule has 0 aromatic heterocycles. The minimum Gasteiger partial charge on any atom is -0.277 e. The third kappa shape index (κ3) is 2.71. The van der Waals surface area contributed by atoms with E-state index < -0.39 is 23.3 Å². The summed E-state index contributed by atoms with van der Waals surface area (Å²) < 4.78 is 0. The molecule has 1 aromatic carbocycles. The van der Waals surface area contributed by atoms with Crippen molar-refractivity contribution in [1.29, 1.82) is 0 Å². The number of urea groups is 1. The Balaban J connectivity index is 1.97. The van der Waals surface area contributed by atoms with Gasteiger partial charge in [0.25, 0.3) is 0 Å². The molecule has 2 rings (SSSR count). The summed E-state index contributed by atoms with van der Waals surface area (Å²) in [7, 11) is 0. The Morgan fingerprint density at radius 3 is 2.40 bits per heavy atom. The van der Waals surface area contributed by atoms with Crippen LogP contribution in [0, 0.1) is 5.41 Å². The van der Waals surface area contributed by atoms with E-state index in [-0.39, 0.29) is 0 Å². The third-order valence-corrected chi connectivity index (χ3v) is 3.50. The molecular weight excluding hydrogens is 256 g/mol. The predicted molar refractivity (Wildman–Crippen MR) is 73.8 cm³/mol. The Labute approximate surface area is 118 Å². The van der Waals surface area contributed by atoms with Gasteiger partial charge in [0.05, 0.1) is 0 Å². The van der Waals surface area contributed by atoms with E-state index in [2.05, 4.69) is 5.32 Å². The highest BCUT2D eigenvalue weighted by molar-refractivity contribution is 6.18. The molecule has 5 heteroatoms. The van der Waals surface area contributed by atoms with Crippen molar-refractivity contribution in [2.75, 3.05) is 6.54 Å². The standard InChI is InChI=1S/C15H18N2O3/c1-15(2)12(18)16-14(20)17(13(15)19)10-6-9-11-7-4-3-5-8-11/h3-5,7-8H,6,9-10H2,1-2H3,(H,16,18,20). The fourth-order valence-electron chi connectivity index (χ4n) is 2.14. The maximum Gasteiger partial charge on any atom is 0.330 e. The lowest BCUT2D eigenvalue weighted by molar-refractivity contribution is -0.149. The predicted octanol–water partition coefficient (Wildman–Crippen LogP) is 1.72. The van der Waals surface area contributed by atoms with E-state index in [1.54, 1.807) is 0 Å². The minimum atomic E-state index is -1.18. The number of hydrogen-bond acceptors (Lipinski definition) is 3. The molecule has 4 amide bonds. The molecule has 0 unspecified atom stereocenters. The molecule has 5 nitrogen and oxygen atoms in total. The number of nitrogens with zero attached hydrogens (tertiary/aromatic N) is 1. The van der Waals surface area contributed by atoms with Crippen LogP contribution in [0.15, 0.2) is 30.3 Å². The first-order chi connectivity index (χ1) is 9.43. The van der Waals surface area contributed by atoms with E-state index in [4.69, 9.17) is 0 Å². The first-order valence-electron chi connectivity index (χ1n) is 6.64. The second kappa shape index (κ2) is 5.45. The summed E-state index contributed by atoms with van der Waals surface area (Å²) in [5, 5.41) is 2.23.